The summed E-state index contributed by atoms with van der Waals surface area (Å²) in [6.45, 7) is 7.61. The molecule has 0 radical (unpaired) electrons. The third-order valence-electron chi connectivity index (χ3n) is 5.91. The molecular formula is C17H29N3O. The highest BCUT2D eigenvalue weighted by atomic mass is 16.5. The van der Waals surface area contributed by atoms with Crippen molar-refractivity contribution >= 4 is 0 Å². The van der Waals surface area contributed by atoms with Crippen LogP contribution in [0.15, 0.2) is 18.7 Å². The summed E-state index contributed by atoms with van der Waals surface area (Å²) in [6.07, 6.45) is 12.6. The van der Waals surface area contributed by atoms with Gasteiger partial charge in [-0.1, -0.05) is 13.8 Å². The van der Waals surface area contributed by atoms with Gasteiger partial charge in [0.15, 0.2) is 0 Å². The maximum Gasteiger partial charge on any atom is 0.0949 e. The predicted octanol–water partition coefficient (Wildman–Crippen LogP) is 3.16. The molecule has 0 amide bonds. The van der Waals surface area contributed by atoms with Crippen LogP contribution in [0.2, 0.25) is 0 Å². The van der Waals surface area contributed by atoms with Gasteiger partial charge in [-0.3, -0.25) is 0 Å². The molecule has 5 unspecified atom stereocenters. The van der Waals surface area contributed by atoms with Crippen molar-refractivity contribution in [1.29, 1.82) is 0 Å². The van der Waals surface area contributed by atoms with Gasteiger partial charge < -0.3 is 14.6 Å². The second-order valence-corrected chi connectivity index (χ2v) is 6.87. The van der Waals surface area contributed by atoms with Crippen molar-refractivity contribution in [2.75, 3.05) is 6.61 Å². The van der Waals surface area contributed by atoms with Crippen LogP contribution < -0.4 is 5.32 Å². The van der Waals surface area contributed by atoms with E-state index >= 15 is 0 Å². The van der Waals surface area contributed by atoms with Crippen LogP contribution in [0.3, 0.4) is 0 Å². The smallest absolute Gasteiger partial charge is 0.0949 e. The highest BCUT2D eigenvalue weighted by Crippen LogP contribution is 2.47. The molecule has 0 aromatic carbocycles. The normalized spacial score (nSPS) is 39.4. The van der Waals surface area contributed by atoms with Gasteiger partial charge in [0, 0.05) is 42.5 Å². The molecule has 3 rings (SSSR count). The number of rotatable bonds is 6. The van der Waals surface area contributed by atoms with E-state index in [1.54, 1.807) is 0 Å². The van der Waals surface area contributed by atoms with Crippen LogP contribution in [-0.2, 0) is 4.74 Å². The third kappa shape index (κ3) is 2.64. The lowest BCUT2D eigenvalue weighted by Crippen LogP contribution is -2.64. The molecule has 5 atom stereocenters. The third-order valence-corrected chi connectivity index (χ3v) is 5.91. The first kappa shape index (κ1) is 15.0. The highest BCUT2D eigenvalue weighted by Gasteiger charge is 2.52. The second kappa shape index (κ2) is 6.09. The summed E-state index contributed by atoms with van der Waals surface area (Å²) >= 11 is 0. The molecule has 0 bridgehead atoms. The van der Waals surface area contributed by atoms with E-state index in [4.69, 9.17) is 4.74 Å². The van der Waals surface area contributed by atoms with Crippen LogP contribution in [-0.4, -0.2) is 34.3 Å². The zero-order chi connectivity index (χ0) is 14.9. The van der Waals surface area contributed by atoms with Crippen molar-refractivity contribution in [3.05, 3.63) is 18.7 Å². The maximum absolute atomic E-state index is 5.92. The zero-order valence-corrected chi connectivity index (χ0v) is 13.6. The van der Waals surface area contributed by atoms with Crippen LogP contribution in [0.1, 0.15) is 58.9 Å². The van der Waals surface area contributed by atoms with Gasteiger partial charge in [0.05, 0.1) is 12.4 Å². The minimum Gasteiger partial charge on any atom is -0.378 e. The van der Waals surface area contributed by atoms with E-state index in [9.17, 15) is 0 Å². The van der Waals surface area contributed by atoms with E-state index < -0.39 is 0 Å². The molecule has 2 aliphatic carbocycles. The van der Waals surface area contributed by atoms with E-state index in [1.165, 1.54) is 25.7 Å². The Bertz CT molecular complexity index is 447. The van der Waals surface area contributed by atoms with Crippen molar-refractivity contribution in [3.8, 4) is 0 Å². The Morgan fingerprint density at radius 2 is 2.24 bits per heavy atom. The molecule has 4 heteroatoms. The molecule has 4 nitrogen and oxygen atoms in total. The zero-order valence-electron chi connectivity index (χ0n) is 13.6. The first-order valence-corrected chi connectivity index (χ1v) is 8.54. The lowest BCUT2D eigenvalue weighted by Gasteiger charge is -2.55. The Hall–Kier alpha value is -0.870. The number of nitrogens with one attached hydrogen (secondary N) is 1. The van der Waals surface area contributed by atoms with Crippen LogP contribution >= 0.6 is 0 Å². The van der Waals surface area contributed by atoms with E-state index in [-0.39, 0.29) is 5.41 Å². The molecule has 0 saturated heterocycles. The topological polar surface area (TPSA) is 39.1 Å². The average Bonchev–Trinajstić information content (AvgIpc) is 3.15. The maximum atomic E-state index is 5.92. The molecule has 0 spiro atoms. The molecule has 2 fully saturated rings. The van der Waals surface area contributed by atoms with Crippen molar-refractivity contribution < 1.29 is 4.74 Å². The fraction of sp³-hybridized carbons (Fsp3) is 0.824. The summed E-state index contributed by atoms with van der Waals surface area (Å²) in [5.74, 6) is 0. The molecule has 1 heterocycles. The summed E-state index contributed by atoms with van der Waals surface area (Å²) in [6, 6.07) is 1.74. The first-order chi connectivity index (χ1) is 10.2. The minimum absolute atomic E-state index is 0.290. The van der Waals surface area contributed by atoms with Crippen LogP contribution in [0, 0.1) is 5.41 Å². The van der Waals surface area contributed by atoms with Gasteiger partial charge in [-0.2, -0.15) is 0 Å². The lowest BCUT2D eigenvalue weighted by atomic mass is 9.61. The Labute approximate surface area is 128 Å². The van der Waals surface area contributed by atoms with Gasteiger partial charge in [0.1, 0.15) is 0 Å². The second-order valence-electron chi connectivity index (χ2n) is 6.87. The number of ether oxygens (including phenoxy) is 1. The Kier molecular flexibility index (Phi) is 4.36. The summed E-state index contributed by atoms with van der Waals surface area (Å²) in [4.78, 5) is 4.21. The monoisotopic (exact) mass is 291 g/mol. The van der Waals surface area contributed by atoms with E-state index in [0.717, 1.165) is 13.0 Å². The molecular weight excluding hydrogens is 262 g/mol. The number of imidazole rings is 1. The highest BCUT2D eigenvalue weighted by molar-refractivity contribution is 5.07. The average molecular weight is 291 g/mol. The number of hydrogen-bond acceptors (Lipinski definition) is 3. The van der Waals surface area contributed by atoms with Gasteiger partial charge in [-0.25, -0.2) is 4.98 Å². The summed E-state index contributed by atoms with van der Waals surface area (Å²) in [5, 5.41) is 3.95. The van der Waals surface area contributed by atoms with Crippen LogP contribution in [0.5, 0.6) is 0 Å². The lowest BCUT2D eigenvalue weighted by molar-refractivity contribution is -0.128. The first-order valence-electron chi connectivity index (χ1n) is 8.54. The summed E-state index contributed by atoms with van der Waals surface area (Å²) in [5.41, 5.74) is 0.290. The molecule has 0 aliphatic heterocycles. The standard InChI is InChI=1S/C17H29N3O/c1-4-17(3)15(11-16(17)21-5-2)19-13-7-6-8-14(13)20-10-9-18-12-20/h9-10,12-16,19H,4-8,11H2,1-3H3. The molecule has 2 saturated carbocycles. The van der Waals surface area contributed by atoms with E-state index in [0.29, 0.717) is 24.2 Å². The van der Waals surface area contributed by atoms with Crippen molar-refractivity contribution in [2.24, 2.45) is 5.41 Å². The Balaban J connectivity index is 1.64. The number of nitrogens with zero attached hydrogens (tertiary/aromatic N) is 2. The van der Waals surface area contributed by atoms with Crippen molar-refractivity contribution in [2.45, 2.75) is 77.1 Å². The molecule has 118 valence electrons. The minimum atomic E-state index is 0.290. The summed E-state index contributed by atoms with van der Waals surface area (Å²) in [7, 11) is 0. The number of aromatic nitrogens is 2. The molecule has 1 N–H and O–H groups in total. The molecule has 21 heavy (non-hydrogen) atoms. The van der Waals surface area contributed by atoms with E-state index in [2.05, 4.69) is 41.8 Å². The quantitative estimate of drug-likeness (QED) is 0.875. The fourth-order valence-corrected chi connectivity index (χ4v) is 4.22. The van der Waals surface area contributed by atoms with Crippen LogP contribution in [0.4, 0.5) is 0 Å². The van der Waals surface area contributed by atoms with Gasteiger partial charge in [0.2, 0.25) is 0 Å². The van der Waals surface area contributed by atoms with Gasteiger partial charge in [-0.05, 0) is 39.0 Å². The van der Waals surface area contributed by atoms with Gasteiger partial charge in [0.25, 0.3) is 0 Å². The Morgan fingerprint density at radius 3 is 2.90 bits per heavy atom. The van der Waals surface area contributed by atoms with E-state index in [1.807, 2.05) is 12.5 Å². The summed E-state index contributed by atoms with van der Waals surface area (Å²) < 4.78 is 8.21. The molecule has 1 aromatic heterocycles. The van der Waals surface area contributed by atoms with Gasteiger partial charge in [-0.15, -0.1) is 0 Å². The molecule has 2 aliphatic rings. The largest absolute Gasteiger partial charge is 0.378 e. The van der Waals surface area contributed by atoms with Gasteiger partial charge >= 0.3 is 0 Å². The van der Waals surface area contributed by atoms with Crippen molar-refractivity contribution in [1.82, 2.24) is 14.9 Å². The van der Waals surface area contributed by atoms with Crippen LogP contribution in [0.25, 0.3) is 0 Å². The SMILES string of the molecule is CCOC1CC(NC2CCCC2n2ccnc2)C1(C)CC. The fourth-order valence-electron chi connectivity index (χ4n) is 4.22. The number of hydrogen-bond donors (Lipinski definition) is 1. The predicted molar refractivity (Wildman–Crippen MR) is 84.3 cm³/mol. The molecule has 1 aromatic rings. The van der Waals surface area contributed by atoms with Crippen molar-refractivity contribution in [3.63, 3.8) is 0 Å². The Morgan fingerprint density at radius 1 is 1.38 bits per heavy atom.